The van der Waals surface area contributed by atoms with Gasteiger partial charge in [0.1, 0.15) is 11.7 Å². The van der Waals surface area contributed by atoms with E-state index in [1.54, 1.807) is 0 Å². The average Bonchev–Trinajstić information content (AvgIpc) is 3.11. The van der Waals surface area contributed by atoms with Gasteiger partial charge in [-0.2, -0.15) is 4.31 Å². The van der Waals surface area contributed by atoms with Gasteiger partial charge in [0.25, 0.3) is 5.69 Å². The first-order valence-corrected chi connectivity index (χ1v) is 10.1. The number of nitro groups is 1. The van der Waals surface area contributed by atoms with Crippen LogP contribution in [-0.4, -0.2) is 79.4 Å². The molecule has 2 aliphatic heterocycles. The molecule has 148 valence electrons. The molecule has 0 spiro atoms. The topological polar surface area (TPSA) is 124 Å². The summed E-state index contributed by atoms with van der Waals surface area (Å²) in [5, 5.41) is 20.9. The molecule has 1 atom stereocenters. The van der Waals surface area contributed by atoms with Crippen molar-refractivity contribution >= 4 is 27.4 Å². The van der Waals surface area contributed by atoms with E-state index in [0.29, 0.717) is 45.6 Å². The van der Waals surface area contributed by atoms with Crippen LogP contribution < -0.4 is 4.90 Å². The molecule has 2 fully saturated rings. The number of carboxylic acids is 1. The van der Waals surface area contributed by atoms with E-state index >= 15 is 0 Å². The molecule has 2 saturated heterocycles. The fourth-order valence-corrected chi connectivity index (χ4v) is 4.98. The predicted molar refractivity (Wildman–Crippen MR) is 97.4 cm³/mol. The maximum Gasteiger partial charge on any atom is 0.326 e. The third-order valence-electron chi connectivity index (χ3n) is 5.09. The number of carboxylic acid groups (broad SMARTS) is 1. The number of aliphatic carboxylic acids is 1. The van der Waals surface area contributed by atoms with E-state index in [1.807, 2.05) is 11.9 Å². The van der Waals surface area contributed by atoms with Gasteiger partial charge < -0.3 is 14.9 Å². The second-order valence-corrected chi connectivity index (χ2v) is 8.74. The van der Waals surface area contributed by atoms with Crippen LogP contribution in [0.15, 0.2) is 23.1 Å². The maximum absolute atomic E-state index is 12.9. The normalized spacial score (nSPS) is 22.1. The standard InChI is InChI=1S/C16H22N4O6S/c1-17-7-9-18(10-8-17)27(25,26)12-4-5-13(15(11-12)20(23)24)19-6-2-3-14(19)16(21)22/h4-5,11,14H,2-3,6-10H2,1H3,(H,21,22)/t14-/m0/s1. The quantitative estimate of drug-likeness (QED) is 0.564. The number of hydrogen-bond acceptors (Lipinski definition) is 7. The number of carbonyl (C=O) groups is 1. The second-order valence-electron chi connectivity index (χ2n) is 6.80. The van der Waals surface area contributed by atoms with E-state index in [4.69, 9.17) is 0 Å². The Morgan fingerprint density at radius 3 is 2.48 bits per heavy atom. The average molecular weight is 398 g/mol. The zero-order chi connectivity index (χ0) is 19.8. The van der Waals surface area contributed by atoms with Crippen molar-refractivity contribution in [2.45, 2.75) is 23.8 Å². The Balaban J connectivity index is 1.97. The Bertz CT molecular complexity index is 850. The molecule has 27 heavy (non-hydrogen) atoms. The van der Waals surface area contributed by atoms with Crippen LogP contribution in [0.3, 0.4) is 0 Å². The highest BCUT2D eigenvalue weighted by molar-refractivity contribution is 7.89. The molecule has 0 radical (unpaired) electrons. The summed E-state index contributed by atoms with van der Waals surface area (Å²) in [6.07, 6.45) is 1.00. The van der Waals surface area contributed by atoms with Gasteiger partial charge in [0.15, 0.2) is 0 Å². The fraction of sp³-hybridized carbons (Fsp3) is 0.562. The number of anilines is 1. The molecule has 0 bridgehead atoms. The number of nitrogens with zero attached hydrogens (tertiary/aromatic N) is 4. The lowest BCUT2D eigenvalue weighted by atomic mass is 10.2. The summed E-state index contributed by atoms with van der Waals surface area (Å²) >= 11 is 0. The lowest BCUT2D eigenvalue weighted by Gasteiger charge is -2.31. The number of piperazine rings is 1. The van der Waals surface area contributed by atoms with Gasteiger partial charge in [-0.25, -0.2) is 13.2 Å². The molecule has 0 amide bonds. The number of likely N-dealkylation sites (N-methyl/N-ethyl adjacent to an activating group) is 1. The van der Waals surface area contributed by atoms with Crippen molar-refractivity contribution in [3.05, 3.63) is 28.3 Å². The highest BCUT2D eigenvalue weighted by Crippen LogP contribution is 2.36. The van der Waals surface area contributed by atoms with Gasteiger partial charge >= 0.3 is 5.97 Å². The summed E-state index contributed by atoms with van der Waals surface area (Å²) in [4.78, 5) is 25.7. The van der Waals surface area contributed by atoms with Crippen LogP contribution in [0.4, 0.5) is 11.4 Å². The Morgan fingerprint density at radius 1 is 1.22 bits per heavy atom. The summed E-state index contributed by atoms with van der Waals surface area (Å²) in [5.74, 6) is -1.05. The number of nitro benzene ring substituents is 1. The van der Waals surface area contributed by atoms with Gasteiger partial charge in [-0.3, -0.25) is 10.1 Å². The number of hydrogen-bond donors (Lipinski definition) is 1. The molecule has 1 N–H and O–H groups in total. The zero-order valence-electron chi connectivity index (χ0n) is 14.9. The number of sulfonamides is 1. The Hall–Kier alpha value is -2.24. The van der Waals surface area contributed by atoms with Gasteiger partial charge in [-0.05, 0) is 32.0 Å². The highest BCUT2D eigenvalue weighted by atomic mass is 32.2. The van der Waals surface area contributed by atoms with Crippen LogP contribution in [-0.2, 0) is 14.8 Å². The van der Waals surface area contributed by atoms with Gasteiger partial charge in [-0.15, -0.1) is 0 Å². The SMILES string of the molecule is CN1CCN(S(=O)(=O)c2ccc(N3CCC[C@H]3C(=O)O)c([N+](=O)[O-])c2)CC1. The second kappa shape index (κ2) is 7.41. The van der Waals surface area contributed by atoms with Crippen LogP contribution in [0.5, 0.6) is 0 Å². The molecule has 0 aromatic heterocycles. The molecule has 0 unspecified atom stereocenters. The molecule has 2 aliphatic rings. The van der Waals surface area contributed by atoms with Crippen molar-refractivity contribution in [1.82, 2.24) is 9.21 Å². The van der Waals surface area contributed by atoms with E-state index < -0.39 is 32.6 Å². The van der Waals surface area contributed by atoms with Crippen molar-refractivity contribution in [2.24, 2.45) is 0 Å². The number of benzene rings is 1. The van der Waals surface area contributed by atoms with Crippen LogP contribution in [0.2, 0.25) is 0 Å². The fourth-order valence-electron chi connectivity index (χ4n) is 3.54. The zero-order valence-corrected chi connectivity index (χ0v) is 15.8. The van der Waals surface area contributed by atoms with Crippen LogP contribution >= 0.6 is 0 Å². The minimum Gasteiger partial charge on any atom is -0.480 e. The van der Waals surface area contributed by atoms with Crippen LogP contribution in [0.25, 0.3) is 0 Å². The van der Waals surface area contributed by atoms with Crippen LogP contribution in [0.1, 0.15) is 12.8 Å². The van der Waals surface area contributed by atoms with Crippen molar-refractivity contribution in [3.63, 3.8) is 0 Å². The van der Waals surface area contributed by atoms with E-state index in [0.717, 1.165) is 6.07 Å². The monoisotopic (exact) mass is 398 g/mol. The first-order chi connectivity index (χ1) is 12.7. The van der Waals surface area contributed by atoms with E-state index in [9.17, 15) is 28.4 Å². The van der Waals surface area contributed by atoms with Crippen molar-refractivity contribution in [2.75, 3.05) is 44.7 Å². The Morgan fingerprint density at radius 2 is 1.89 bits per heavy atom. The predicted octanol–water partition coefficient (Wildman–Crippen LogP) is 0.584. The lowest BCUT2D eigenvalue weighted by Crippen LogP contribution is -2.47. The van der Waals surface area contributed by atoms with Crippen LogP contribution in [0, 0.1) is 10.1 Å². The third kappa shape index (κ3) is 3.75. The minimum atomic E-state index is -3.84. The molecular weight excluding hydrogens is 376 g/mol. The maximum atomic E-state index is 12.9. The van der Waals surface area contributed by atoms with Gasteiger partial charge in [-0.1, -0.05) is 0 Å². The van der Waals surface area contributed by atoms with Gasteiger partial charge in [0.05, 0.1) is 9.82 Å². The molecule has 1 aromatic carbocycles. The first-order valence-electron chi connectivity index (χ1n) is 8.68. The Kier molecular flexibility index (Phi) is 5.36. The summed E-state index contributed by atoms with van der Waals surface area (Å²) in [7, 11) is -1.94. The van der Waals surface area contributed by atoms with E-state index in [-0.39, 0.29) is 10.6 Å². The molecule has 1 aromatic rings. The van der Waals surface area contributed by atoms with Gasteiger partial charge in [0, 0.05) is 38.8 Å². The van der Waals surface area contributed by atoms with Gasteiger partial charge in [0.2, 0.25) is 10.0 Å². The van der Waals surface area contributed by atoms with Crippen molar-refractivity contribution in [1.29, 1.82) is 0 Å². The van der Waals surface area contributed by atoms with Crippen molar-refractivity contribution in [3.8, 4) is 0 Å². The van der Waals surface area contributed by atoms with Crippen molar-refractivity contribution < 1.29 is 23.2 Å². The first kappa shape index (κ1) is 19.5. The summed E-state index contributed by atoms with van der Waals surface area (Å²) < 4.78 is 27.0. The molecule has 0 aliphatic carbocycles. The molecular formula is C16H22N4O6S. The molecule has 3 rings (SSSR count). The Labute approximate surface area is 157 Å². The van der Waals surface area contributed by atoms with E-state index in [2.05, 4.69) is 0 Å². The third-order valence-corrected chi connectivity index (χ3v) is 6.99. The molecule has 10 nitrogen and oxygen atoms in total. The summed E-state index contributed by atoms with van der Waals surface area (Å²) in [5.41, 5.74) is -0.249. The molecule has 2 heterocycles. The molecule has 0 saturated carbocycles. The summed E-state index contributed by atoms with van der Waals surface area (Å²) in [6, 6.07) is 2.87. The molecule has 11 heteroatoms. The smallest absolute Gasteiger partial charge is 0.326 e. The highest BCUT2D eigenvalue weighted by Gasteiger charge is 2.36. The lowest BCUT2D eigenvalue weighted by molar-refractivity contribution is -0.384. The minimum absolute atomic E-state index is 0.141. The largest absolute Gasteiger partial charge is 0.480 e. The number of rotatable bonds is 5. The van der Waals surface area contributed by atoms with E-state index in [1.165, 1.54) is 21.3 Å². The summed E-state index contributed by atoms with van der Waals surface area (Å²) in [6.45, 7) is 2.20.